The second-order valence-electron chi connectivity index (χ2n) is 6.43. The van der Waals surface area contributed by atoms with E-state index in [-0.39, 0.29) is 23.9 Å². The summed E-state index contributed by atoms with van der Waals surface area (Å²) in [6.45, 7) is 0.0840. The van der Waals surface area contributed by atoms with Gasteiger partial charge >= 0.3 is 0 Å². The van der Waals surface area contributed by atoms with Gasteiger partial charge in [0, 0.05) is 25.2 Å². The lowest BCUT2D eigenvalue weighted by Gasteiger charge is -2.24. The Morgan fingerprint density at radius 1 is 1.13 bits per heavy atom. The Morgan fingerprint density at radius 3 is 2.27 bits per heavy atom. The number of hydrogen-bond donors (Lipinski definition) is 2. The number of ether oxygens (including phenoxy) is 1. The second-order valence-corrected chi connectivity index (χ2v) is 6.43. The Kier molecular flexibility index (Phi) is 6.33. The van der Waals surface area contributed by atoms with Crippen molar-refractivity contribution in [2.75, 3.05) is 18.5 Å². The fourth-order valence-corrected chi connectivity index (χ4v) is 2.66. The molecule has 2 aromatic carbocycles. The van der Waals surface area contributed by atoms with Gasteiger partial charge in [0.15, 0.2) is 5.82 Å². The Morgan fingerprint density at radius 2 is 1.73 bits per heavy atom. The molecule has 154 valence electrons. The largest absolute Gasteiger partial charge is 0.457 e. The number of halogens is 1. The predicted molar refractivity (Wildman–Crippen MR) is 110 cm³/mol. The van der Waals surface area contributed by atoms with Gasteiger partial charge in [0.1, 0.15) is 35.1 Å². The quantitative estimate of drug-likeness (QED) is 0.546. The number of carbonyl (C=O) groups excluding carboxylic acids is 2. The fourth-order valence-electron chi connectivity index (χ4n) is 2.66. The lowest BCUT2D eigenvalue weighted by molar-refractivity contribution is -0.108. The van der Waals surface area contributed by atoms with E-state index in [0.29, 0.717) is 29.2 Å². The molecule has 1 heterocycles. The van der Waals surface area contributed by atoms with Gasteiger partial charge in [-0.25, -0.2) is 14.4 Å². The van der Waals surface area contributed by atoms with Gasteiger partial charge in [-0.3, -0.25) is 4.79 Å². The summed E-state index contributed by atoms with van der Waals surface area (Å²) in [5, 5.41) is 0. The van der Waals surface area contributed by atoms with Crippen LogP contribution in [0.3, 0.4) is 0 Å². The first-order valence-corrected chi connectivity index (χ1v) is 9.02. The number of primary amides is 1. The Labute approximate surface area is 172 Å². The third-order valence-electron chi connectivity index (χ3n) is 4.38. The molecular weight excluding hydrogens is 389 g/mol. The predicted octanol–water partition coefficient (Wildman–Crippen LogP) is 2.14. The molecule has 3 rings (SSSR count). The van der Waals surface area contributed by atoms with Gasteiger partial charge in [0.05, 0.1) is 6.04 Å². The van der Waals surface area contributed by atoms with Crippen LogP contribution in [-0.2, 0) is 4.79 Å². The molecule has 9 heteroatoms. The Hall–Kier alpha value is -3.85. The van der Waals surface area contributed by atoms with Gasteiger partial charge in [-0.1, -0.05) is 0 Å². The van der Waals surface area contributed by atoms with E-state index in [2.05, 4.69) is 9.97 Å². The normalized spacial score (nSPS) is 11.6. The monoisotopic (exact) mass is 409 g/mol. The summed E-state index contributed by atoms with van der Waals surface area (Å²) >= 11 is 0. The molecule has 0 unspecified atom stereocenters. The zero-order valence-electron chi connectivity index (χ0n) is 16.2. The first-order chi connectivity index (χ1) is 14.4. The van der Waals surface area contributed by atoms with Crippen LogP contribution in [0.1, 0.15) is 10.5 Å². The molecule has 0 spiro atoms. The molecule has 0 aliphatic heterocycles. The van der Waals surface area contributed by atoms with Crippen LogP contribution in [0.15, 0.2) is 54.6 Å². The summed E-state index contributed by atoms with van der Waals surface area (Å²) < 4.78 is 18.7. The van der Waals surface area contributed by atoms with E-state index < -0.39 is 11.9 Å². The molecule has 30 heavy (non-hydrogen) atoms. The van der Waals surface area contributed by atoms with Gasteiger partial charge in [-0.15, -0.1) is 0 Å². The van der Waals surface area contributed by atoms with E-state index in [4.69, 9.17) is 16.2 Å². The molecule has 4 N–H and O–H groups in total. The molecule has 0 fully saturated rings. The number of amides is 1. The van der Waals surface area contributed by atoms with Gasteiger partial charge < -0.3 is 25.9 Å². The van der Waals surface area contributed by atoms with E-state index in [1.807, 2.05) is 0 Å². The minimum absolute atomic E-state index is 0.00941. The minimum atomic E-state index is -0.722. The molecule has 3 aromatic rings. The van der Waals surface area contributed by atoms with Crippen molar-refractivity contribution in [2.45, 2.75) is 6.04 Å². The number of likely N-dealkylation sites (N-methyl/N-ethyl adjacent to an activating group) is 1. The van der Waals surface area contributed by atoms with E-state index in [1.54, 1.807) is 36.2 Å². The molecule has 1 atom stereocenters. The van der Waals surface area contributed by atoms with Gasteiger partial charge in [0.25, 0.3) is 5.91 Å². The Bertz CT molecular complexity index is 1040. The molecule has 0 saturated heterocycles. The van der Waals surface area contributed by atoms with Crippen molar-refractivity contribution in [2.24, 2.45) is 11.5 Å². The van der Waals surface area contributed by atoms with Crippen molar-refractivity contribution in [3.05, 3.63) is 66.1 Å². The fraction of sp³-hybridized carbons (Fsp3) is 0.143. The first-order valence-electron chi connectivity index (χ1n) is 9.02. The van der Waals surface area contributed by atoms with Crippen LogP contribution in [0.2, 0.25) is 0 Å². The average Bonchev–Trinajstić information content (AvgIpc) is 2.76. The molecule has 8 nitrogen and oxygen atoms in total. The third-order valence-corrected chi connectivity index (χ3v) is 4.38. The number of rotatable bonds is 8. The maximum atomic E-state index is 13.0. The molecule has 0 aliphatic carbocycles. The maximum Gasteiger partial charge on any atom is 0.267 e. The van der Waals surface area contributed by atoms with Crippen molar-refractivity contribution in [3.63, 3.8) is 0 Å². The number of carbonyl (C=O) groups is 2. The van der Waals surface area contributed by atoms with Crippen molar-refractivity contribution in [1.29, 1.82) is 0 Å². The van der Waals surface area contributed by atoms with Crippen LogP contribution in [0.4, 0.5) is 10.2 Å². The standard InChI is InChI=1S/C21H20FN5O3/c1-27(15(11-23)12-28)19-10-18(20(24)29)25-21(26-19)13-2-6-16(7-3-13)30-17-8-4-14(22)5-9-17/h2-10,12,15H,11,23H2,1H3,(H2,24,29)/t15-/m0/s1. The van der Waals surface area contributed by atoms with Crippen LogP contribution in [0.25, 0.3) is 11.4 Å². The highest BCUT2D eigenvalue weighted by atomic mass is 19.1. The van der Waals surface area contributed by atoms with Crippen molar-refractivity contribution < 1.29 is 18.7 Å². The summed E-state index contributed by atoms with van der Waals surface area (Å²) in [6, 6.07) is 13.2. The third kappa shape index (κ3) is 4.76. The number of aldehydes is 1. The number of hydrogen-bond acceptors (Lipinski definition) is 7. The maximum absolute atomic E-state index is 13.0. The topological polar surface area (TPSA) is 124 Å². The number of anilines is 1. The number of nitrogens with two attached hydrogens (primary N) is 2. The average molecular weight is 409 g/mol. The summed E-state index contributed by atoms with van der Waals surface area (Å²) in [6.07, 6.45) is 0.702. The van der Waals surface area contributed by atoms with Crippen LogP contribution >= 0.6 is 0 Å². The van der Waals surface area contributed by atoms with Crippen LogP contribution in [0.5, 0.6) is 11.5 Å². The van der Waals surface area contributed by atoms with E-state index in [9.17, 15) is 14.0 Å². The molecule has 0 bridgehead atoms. The highest BCUT2D eigenvalue weighted by Gasteiger charge is 2.18. The van der Waals surface area contributed by atoms with Gasteiger partial charge in [-0.2, -0.15) is 0 Å². The van der Waals surface area contributed by atoms with Crippen molar-refractivity contribution in [3.8, 4) is 22.9 Å². The van der Waals surface area contributed by atoms with E-state index >= 15 is 0 Å². The highest BCUT2D eigenvalue weighted by Crippen LogP contribution is 2.26. The molecule has 0 radical (unpaired) electrons. The summed E-state index contributed by atoms with van der Waals surface area (Å²) in [5.41, 5.74) is 11.6. The SMILES string of the molecule is CN(c1cc(C(N)=O)nc(-c2ccc(Oc3ccc(F)cc3)cc2)n1)[C@H](C=O)CN. The van der Waals surface area contributed by atoms with Crippen LogP contribution in [0, 0.1) is 5.82 Å². The van der Waals surface area contributed by atoms with Crippen molar-refractivity contribution in [1.82, 2.24) is 9.97 Å². The molecule has 0 aliphatic rings. The zero-order valence-corrected chi connectivity index (χ0v) is 16.2. The molecule has 1 amide bonds. The van der Waals surface area contributed by atoms with Gasteiger partial charge in [-0.05, 0) is 48.5 Å². The summed E-state index contributed by atoms with van der Waals surface area (Å²) in [7, 11) is 1.64. The summed E-state index contributed by atoms with van der Waals surface area (Å²) in [4.78, 5) is 33.2. The van der Waals surface area contributed by atoms with E-state index in [1.165, 1.54) is 30.3 Å². The lowest BCUT2D eigenvalue weighted by Crippen LogP contribution is -2.39. The summed E-state index contributed by atoms with van der Waals surface area (Å²) in [5.74, 6) is 0.530. The lowest BCUT2D eigenvalue weighted by atomic mass is 10.2. The first kappa shape index (κ1) is 20.9. The Balaban J connectivity index is 1.91. The number of aromatic nitrogens is 2. The van der Waals surface area contributed by atoms with Gasteiger partial charge in [0.2, 0.25) is 0 Å². The van der Waals surface area contributed by atoms with Crippen molar-refractivity contribution >= 4 is 18.0 Å². The zero-order chi connectivity index (χ0) is 21.7. The molecule has 0 saturated carbocycles. The second kappa shape index (κ2) is 9.10. The molecule has 1 aromatic heterocycles. The van der Waals surface area contributed by atoms with E-state index in [0.717, 1.165) is 0 Å². The number of benzene rings is 2. The number of nitrogens with zero attached hydrogens (tertiary/aromatic N) is 3. The highest BCUT2D eigenvalue weighted by molar-refractivity contribution is 5.92. The smallest absolute Gasteiger partial charge is 0.267 e. The minimum Gasteiger partial charge on any atom is -0.457 e. The van der Waals surface area contributed by atoms with Crippen LogP contribution < -0.4 is 21.1 Å². The van der Waals surface area contributed by atoms with Crippen LogP contribution in [-0.4, -0.2) is 41.8 Å². The molecular formula is C21H20FN5O3.